The van der Waals surface area contributed by atoms with E-state index in [1.165, 1.54) is 11.1 Å². The average Bonchev–Trinajstić information content (AvgIpc) is 2.49. The lowest BCUT2D eigenvalue weighted by atomic mass is 10.1. The fraction of sp³-hybridized carbons (Fsp3) is 0.235. The molecule has 0 aliphatic heterocycles. The second-order valence-electron chi connectivity index (χ2n) is 4.94. The van der Waals surface area contributed by atoms with Gasteiger partial charge < -0.3 is 10.6 Å². The van der Waals surface area contributed by atoms with Crippen LogP contribution in [-0.4, -0.2) is 13.0 Å². The van der Waals surface area contributed by atoms with Crippen molar-refractivity contribution in [2.45, 2.75) is 19.9 Å². The molecule has 0 aliphatic carbocycles. The molecule has 0 radical (unpaired) electrons. The van der Waals surface area contributed by atoms with Crippen LogP contribution in [0.3, 0.4) is 0 Å². The van der Waals surface area contributed by atoms with Crippen LogP contribution in [0.5, 0.6) is 0 Å². The third-order valence-corrected chi connectivity index (χ3v) is 4.22. The van der Waals surface area contributed by atoms with Gasteiger partial charge in [-0.15, -0.1) is 0 Å². The molecule has 0 atom stereocenters. The smallest absolute Gasteiger partial charge is 0.224 e. The minimum Gasteiger partial charge on any atom is -0.381 e. The Morgan fingerprint density at radius 1 is 1.19 bits per heavy atom. The Balaban J connectivity index is 2.09. The fourth-order valence-corrected chi connectivity index (χ4v) is 2.48. The van der Waals surface area contributed by atoms with Crippen molar-refractivity contribution >= 4 is 27.5 Å². The Morgan fingerprint density at radius 2 is 1.95 bits per heavy atom. The molecule has 0 bridgehead atoms. The van der Waals surface area contributed by atoms with Crippen LogP contribution in [0.15, 0.2) is 46.9 Å². The van der Waals surface area contributed by atoms with Crippen LogP contribution in [0, 0.1) is 6.92 Å². The first kappa shape index (κ1) is 15.6. The van der Waals surface area contributed by atoms with E-state index in [2.05, 4.69) is 51.7 Å². The number of halogens is 1. The number of aryl methyl sites for hydroxylation is 1. The Morgan fingerprint density at radius 3 is 2.67 bits per heavy atom. The molecule has 0 spiro atoms. The largest absolute Gasteiger partial charge is 0.381 e. The number of anilines is 1. The summed E-state index contributed by atoms with van der Waals surface area (Å²) in [4.78, 5) is 11.5. The van der Waals surface area contributed by atoms with Gasteiger partial charge in [-0.05, 0) is 35.7 Å². The highest BCUT2D eigenvalue weighted by atomic mass is 79.9. The van der Waals surface area contributed by atoms with Crippen molar-refractivity contribution in [3.05, 3.63) is 63.6 Å². The average molecular weight is 347 g/mol. The second kappa shape index (κ2) is 7.27. The Hall–Kier alpha value is -1.81. The highest BCUT2D eigenvalue weighted by molar-refractivity contribution is 9.10. The molecule has 0 aromatic heterocycles. The summed E-state index contributed by atoms with van der Waals surface area (Å²) in [6, 6.07) is 14.2. The summed E-state index contributed by atoms with van der Waals surface area (Å²) in [5.74, 6) is 0.0160. The zero-order valence-electron chi connectivity index (χ0n) is 12.2. The predicted molar refractivity (Wildman–Crippen MR) is 90.4 cm³/mol. The van der Waals surface area contributed by atoms with Crippen molar-refractivity contribution in [3.8, 4) is 0 Å². The summed E-state index contributed by atoms with van der Waals surface area (Å²) >= 11 is 3.55. The van der Waals surface area contributed by atoms with E-state index in [1.807, 2.05) is 24.3 Å². The van der Waals surface area contributed by atoms with Gasteiger partial charge in [0.2, 0.25) is 5.91 Å². The van der Waals surface area contributed by atoms with Gasteiger partial charge in [0.25, 0.3) is 0 Å². The van der Waals surface area contributed by atoms with E-state index >= 15 is 0 Å². The molecule has 2 N–H and O–H groups in total. The molecule has 21 heavy (non-hydrogen) atoms. The van der Waals surface area contributed by atoms with E-state index in [4.69, 9.17) is 0 Å². The summed E-state index contributed by atoms with van der Waals surface area (Å²) < 4.78 is 1.11. The Bertz CT molecular complexity index is 640. The lowest BCUT2D eigenvalue weighted by molar-refractivity contribution is -0.119. The first-order chi connectivity index (χ1) is 10.1. The standard InChI is InChI=1S/C17H19BrN2O/c1-12-7-8-13(9-15(12)18)11-20-16-6-4-3-5-14(16)10-17(21)19-2/h3-9,20H,10-11H2,1-2H3,(H,19,21). The third kappa shape index (κ3) is 4.33. The van der Waals surface area contributed by atoms with Crippen LogP contribution in [0.1, 0.15) is 16.7 Å². The molecule has 2 rings (SSSR count). The van der Waals surface area contributed by atoms with Gasteiger partial charge in [0.05, 0.1) is 6.42 Å². The third-order valence-electron chi connectivity index (χ3n) is 3.37. The molecule has 2 aromatic carbocycles. The monoisotopic (exact) mass is 346 g/mol. The van der Waals surface area contributed by atoms with E-state index in [-0.39, 0.29) is 5.91 Å². The van der Waals surface area contributed by atoms with Crippen LogP contribution in [0.4, 0.5) is 5.69 Å². The van der Waals surface area contributed by atoms with Crippen LogP contribution in [0.2, 0.25) is 0 Å². The first-order valence-corrected chi connectivity index (χ1v) is 7.67. The van der Waals surface area contributed by atoms with Crippen LogP contribution in [-0.2, 0) is 17.8 Å². The normalized spacial score (nSPS) is 10.2. The van der Waals surface area contributed by atoms with Crippen molar-refractivity contribution < 1.29 is 4.79 Å². The second-order valence-corrected chi connectivity index (χ2v) is 5.80. The van der Waals surface area contributed by atoms with Gasteiger partial charge in [0.1, 0.15) is 0 Å². The minimum atomic E-state index is 0.0160. The maximum absolute atomic E-state index is 11.5. The molecule has 3 nitrogen and oxygen atoms in total. The SMILES string of the molecule is CNC(=O)Cc1ccccc1NCc1ccc(C)c(Br)c1. The molecule has 0 aliphatic rings. The van der Waals surface area contributed by atoms with E-state index in [1.54, 1.807) is 7.05 Å². The number of hydrogen-bond acceptors (Lipinski definition) is 2. The van der Waals surface area contributed by atoms with Crippen LogP contribution < -0.4 is 10.6 Å². The molecule has 0 saturated heterocycles. The van der Waals surface area contributed by atoms with E-state index in [9.17, 15) is 4.79 Å². The summed E-state index contributed by atoms with van der Waals surface area (Å²) in [5.41, 5.74) is 4.42. The highest BCUT2D eigenvalue weighted by Crippen LogP contribution is 2.20. The summed E-state index contributed by atoms with van der Waals surface area (Å²) in [6.07, 6.45) is 0.386. The molecule has 0 unspecified atom stereocenters. The molecule has 0 saturated carbocycles. The van der Waals surface area contributed by atoms with Gasteiger partial charge in [-0.25, -0.2) is 0 Å². The van der Waals surface area contributed by atoms with E-state index in [0.717, 1.165) is 22.3 Å². The number of carbonyl (C=O) groups excluding carboxylic acids is 1. The highest BCUT2D eigenvalue weighted by Gasteiger charge is 2.06. The molecule has 0 heterocycles. The number of likely N-dealkylation sites (N-methyl/N-ethyl adjacent to an activating group) is 1. The van der Waals surface area contributed by atoms with Crippen molar-refractivity contribution in [2.24, 2.45) is 0 Å². The number of hydrogen-bond donors (Lipinski definition) is 2. The van der Waals surface area contributed by atoms with Gasteiger partial charge in [0.15, 0.2) is 0 Å². The maximum Gasteiger partial charge on any atom is 0.224 e. The number of amides is 1. The topological polar surface area (TPSA) is 41.1 Å². The van der Waals surface area contributed by atoms with Crippen LogP contribution in [0.25, 0.3) is 0 Å². The van der Waals surface area contributed by atoms with Gasteiger partial charge >= 0.3 is 0 Å². The number of rotatable bonds is 5. The number of carbonyl (C=O) groups is 1. The van der Waals surface area contributed by atoms with E-state index in [0.29, 0.717) is 6.42 Å². The first-order valence-electron chi connectivity index (χ1n) is 6.87. The molecular weight excluding hydrogens is 328 g/mol. The lowest BCUT2D eigenvalue weighted by Gasteiger charge is -2.12. The maximum atomic E-state index is 11.5. The summed E-state index contributed by atoms with van der Waals surface area (Å²) in [5, 5.41) is 6.06. The minimum absolute atomic E-state index is 0.0160. The number of benzene rings is 2. The molecular formula is C17H19BrN2O. The van der Waals surface area contributed by atoms with Gasteiger partial charge in [-0.2, -0.15) is 0 Å². The van der Waals surface area contributed by atoms with Crippen molar-refractivity contribution in [1.29, 1.82) is 0 Å². The molecule has 4 heteroatoms. The summed E-state index contributed by atoms with van der Waals surface area (Å²) in [6.45, 7) is 2.80. The number of para-hydroxylation sites is 1. The number of nitrogens with one attached hydrogen (secondary N) is 2. The predicted octanol–water partition coefficient (Wildman–Crippen LogP) is 3.66. The Labute approximate surface area is 133 Å². The zero-order valence-corrected chi connectivity index (χ0v) is 13.8. The Kier molecular flexibility index (Phi) is 5.39. The van der Waals surface area contributed by atoms with Gasteiger partial charge in [-0.1, -0.05) is 46.3 Å². The molecule has 2 aromatic rings. The molecule has 1 amide bonds. The molecule has 110 valence electrons. The molecule has 0 fully saturated rings. The van der Waals surface area contributed by atoms with Crippen molar-refractivity contribution in [1.82, 2.24) is 5.32 Å². The van der Waals surface area contributed by atoms with Crippen molar-refractivity contribution in [2.75, 3.05) is 12.4 Å². The van der Waals surface area contributed by atoms with Gasteiger partial charge in [-0.3, -0.25) is 4.79 Å². The van der Waals surface area contributed by atoms with Crippen molar-refractivity contribution in [3.63, 3.8) is 0 Å². The fourth-order valence-electron chi connectivity index (χ4n) is 2.05. The van der Waals surface area contributed by atoms with Gasteiger partial charge in [0, 0.05) is 23.8 Å². The van der Waals surface area contributed by atoms with E-state index < -0.39 is 0 Å². The lowest BCUT2D eigenvalue weighted by Crippen LogP contribution is -2.20. The summed E-state index contributed by atoms with van der Waals surface area (Å²) in [7, 11) is 1.65. The zero-order chi connectivity index (χ0) is 15.2. The quantitative estimate of drug-likeness (QED) is 0.867. The van der Waals surface area contributed by atoms with Crippen LogP contribution >= 0.6 is 15.9 Å².